The number of nitrogens with zero attached hydrogens (tertiary/aromatic N) is 3. The van der Waals surface area contributed by atoms with E-state index in [0.29, 0.717) is 17.5 Å². The summed E-state index contributed by atoms with van der Waals surface area (Å²) in [5.74, 6) is 1.89. The van der Waals surface area contributed by atoms with Crippen molar-refractivity contribution in [1.29, 1.82) is 0 Å². The van der Waals surface area contributed by atoms with Crippen molar-refractivity contribution in [1.82, 2.24) is 15.0 Å². The molecule has 0 spiro atoms. The van der Waals surface area contributed by atoms with Crippen LogP contribution < -0.4 is 0 Å². The Morgan fingerprint density at radius 2 is 1.02 bits per heavy atom. The molecule has 4 nitrogen and oxygen atoms in total. The number of aromatic nitrogens is 3. The second-order valence-electron chi connectivity index (χ2n) is 12.7. The van der Waals surface area contributed by atoms with Crippen molar-refractivity contribution in [3.8, 4) is 34.2 Å². The number of para-hydroxylation sites is 1. The van der Waals surface area contributed by atoms with Crippen molar-refractivity contribution in [2.45, 2.75) is 0 Å². The van der Waals surface area contributed by atoms with Gasteiger partial charge in [-0.15, -0.1) is 11.3 Å². The number of benzene rings is 8. The molecule has 0 aliphatic heterocycles. The molecule has 50 heavy (non-hydrogen) atoms. The Morgan fingerprint density at radius 1 is 0.380 bits per heavy atom. The van der Waals surface area contributed by atoms with Gasteiger partial charge in [0, 0.05) is 53.0 Å². The van der Waals surface area contributed by atoms with E-state index in [2.05, 4.69) is 103 Å². The van der Waals surface area contributed by atoms with E-state index in [1.807, 2.05) is 59.9 Å². The number of thiophene rings is 1. The van der Waals surface area contributed by atoms with Crippen molar-refractivity contribution in [3.05, 3.63) is 152 Å². The van der Waals surface area contributed by atoms with Gasteiger partial charge in [-0.3, -0.25) is 0 Å². The van der Waals surface area contributed by atoms with E-state index >= 15 is 0 Å². The summed E-state index contributed by atoms with van der Waals surface area (Å²) in [6.07, 6.45) is 0. The topological polar surface area (TPSA) is 51.8 Å². The minimum atomic E-state index is 0.614. The van der Waals surface area contributed by atoms with Crippen LogP contribution in [0.5, 0.6) is 0 Å². The fourth-order valence-electron chi connectivity index (χ4n) is 7.63. The van der Waals surface area contributed by atoms with E-state index in [0.717, 1.165) is 44.0 Å². The standard InChI is InChI=1S/C45H25N3OS/c1-2-13-28(14-3-1)43-46-44(34-18-10-20-37-39(34)32-17-8-9-19-36(32)49-37)48-45(47-43)35-25-29-22-21-26-11-4-6-15-30(26)38(29)42-40(35)33-24-23-27-12-5-7-16-31(27)41(33)50-42/h1-25H. The zero-order valence-electron chi connectivity index (χ0n) is 26.6. The lowest BCUT2D eigenvalue weighted by Crippen LogP contribution is -2.01. The van der Waals surface area contributed by atoms with Crippen LogP contribution in [0, 0.1) is 0 Å². The predicted octanol–water partition coefficient (Wildman–Crippen LogP) is 12.6. The lowest BCUT2D eigenvalue weighted by molar-refractivity contribution is 0.669. The summed E-state index contributed by atoms with van der Waals surface area (Å²) in [5, 5.41) is 11.8. The third-order valence-corrected chi connectivity index (χ3v) is 11.1. The Hall–Kier alpha value is -6.43. The third kappa shape index (κ3) is 4.01. The summed E-state index contributed by atoms with van der Waals surface area (Å²) in [6.45, 7) is 0. The fraction of sp³-hybridized carbons (Fsp3) is 0. The zero-order valence-corrected chi connectivity index (χ0v) is 27.4. The first-order valence-corrected chi connectivity index (χ1v) is 17.5. The maximum absolute atomic E-state index is 6.29. The molecule has 3 aromatic heterocycles. The van der Waals surface area contributed by atoms with E-state index in [4.69, 9.17) is 19.4 Å². The van der Waals surface area contributed by atoms with Gasteiger partial charge in [0.2, 0.25) is 0 Å². The van der Waals surface area contributed by atoms with Crippen LogP contribution in [0.25, 0.3) is 109 Å². The molecule has 0 saturated carbocycles. The summed E-state index contributed by atoms with van der Waals surface area (Å²) in [6, 6.07) is 53.1. The van der Waals surface area contributed by atoms with Gasteiger partial charge in [-0.05, 0) is 45.1 Å². The second kappa shape index (κ2) is 10.5. The normalized spacial score (nSPS) is 12.0. The highest BCUT2D eigenvalue weighted by Gasteiger charge is 2.22. The van der Waals surface area contributed by atoms with Crippen molar-refractivity contribution < 1.29 is 4.42 Å². The molecule has 11 aromatic rings. The Morgan fingerprint density at radius 3 is 1.88 bits per heavy atom. The van der Waals surface area contributed by atoms with Crippen LogP contribution in [0.3, 0.4) is 0 Å². The monoisotopic (exact) mass is 655 g/mol. The number of furan rings is 1. The summed E-state index contributed by atoms with van der Waals surface area (Å²) >= 11 is 1.87. The van der Waals surface area contributed by atoms with Crippen LogP contribution in [0.4, 0.5) is 0 Å². The first kappa shape index (κ1) is 27.5. The van der Waals surface area contributed by atoms with E-state index in [1.165, 1.54) is 47.1 Å². The molecule has 11 rings (SSSR count). The molecule has 0 unspecified atom stereocenters. The Balaban J connectivity index is 1.29. The Bertz CT molecular complexity index is 3160. The van der Waals surface area contributed by atoms with Crippen LogP contribution >= 0.6 is 11.3 Å². The molecule has 0 aliphatic carbocycles. The van der Waals surface area contributed by atoms with Crippen LogP contribution in [-0.4, -0.2) is 15.0 Å². The molecule has 5 heteroatoms. The molecule has 0 amide bonds. The molecule has 0 atom stereocenters. The van der Waals surface area contributed by atoms with E-state index in [9.17, 15) is 0 Å². The summed E-state index contributed by atoms with van der Waals surface area (Å²) in [7, 11) is 0. The van der Waals surface area contributed by atoms with Gasteiger partial charge in [0.15, 0.2) is 17.5 Å². The molecular formula is C45H25N3OS. The molecule has 0 aliphatic rings. The van der Waals surface area contributed by atoms with Gasteiger partial charge < -0.3 is 4.42 Å². The van der Waals surface area contributed by atoms with Crippen molar-refractivity contribution in [2.75, 3.05) is 0 Å². The van der Waals surface area contributed by atoms with E-state index < -0.39 is 0 Å². The lowest BCUT2D eigenvalue weighted by Gasteiger charge is -2.12. The minimum absolute atomic E-state index is 0.614. The average Bonchev–Trinajstić information content (AvgIpc) is 3.77. The van der Waals surface area contributed by atoms with Crippen LogP contribution in [-0.2, 0) is 0 Å². The summed E-state index contributed by atoms with van der Waals surface area (Å²) in [4.78, 5) is 15.7. The highest BCUT2D eigenvalue weighted by Crippen LogP contribution is 2.48. The highest BCUT2D eigenvalue weighted by atomic mass is 32.1. The van der Waals surface area contributed by atoms with Gasteiger partial charge in [0.25, 0.3) is 0 Å². The van der Waals surface area contributed by atoms with Crippen molar-refractivity contribution in [2.24, 2.45) is 0 Å². The molecular weight excluding hydrogens is 631 g/mol. The maximum atomic E-state index is 6.29. The van der Waals surface area contributed by atoms with Crippen LogP contribution in [0.15, 0.2) is 156 Å². The number of hydrogen-bond donors (Lipinski definition) is 0. The second-order valence-corrected chi connectivity index (χ2v) is 13.7. The molecule has 0 fully saturated rings. The summed E-state index contributed by atoms with van der Waals surface area (Å²) < 4.78 is 8.80. The number of fused-ring (bicyclic) bond motifs is 12. The SMILES string of the molecule is c1ccc(-c2nc(-c3cccc4oc5ccccc5c34)nc(-c3cc4ccc5ccccc5c4c4sc5c6ccccc6ccc5c34)n2)cc1. The first-order chi connectivity index (χ1) is 24.8. The largest absolute Gasteiger partial charge is 0.456 e. The molecule has 0 saturated heterocycles. The van der Waals surface area contributed by atoms with E-state index in [-0.39, 0.29) is 0 Å². The number of hydrogen-bond acceptors (Lipinski definition) is 5. The van der Waals surface area contributed by atoms with Crippen molar-refractivity contribution in [3.63, 3.8) is 0 Å². The molecule has 0 bridgehead atoms. The van der Waals surface area contributed by atoms with E-state index in [1.54, 1.807) is 0 Å². The lowest BCUT2D eigenvalue weighted by atomic mass is 9.95. The third-order valence-electron chi connectivity index (χ3n) is 9.89. The smallest absolute Gasteiger partial charge is 0.164 e. The highest BCUT2D eigenvalue weighted by molar-refractivity contribution is 7.27. The molecule has 0 radical (unpaired) electrons. The van der Waals surface area contributed by atoms with Crippen LogP contribution in [0.2, 0.25) is 0 Å². The van der Waals surface area contributed by atoms with Gasteiger partial charge in [-0.2, -0.15) is 0 Å². The van der Waals surface area contributed by atoms with Gasteiger partial charge in [-0.1, -0.05) is 133 Å². The van der Waals surface area contributed by atoms with Gasteiger partial charge in [-0.25, -0.2) is 15.0 Å². The minimum Gasteiger partial charge on any atom is -0.456 e. The first-order valence-electron chi connectivity index (χ1n) is 16.7. The Labute approximate surface area is 289 Å². The number of rotatable bonds is 3. The quantitative estimate of drug-likeness (QED) is 0.178. The van der Waals surface area contributed by atoms with Gasteiger partial charge >= 0.3 is 0 Å². The average molecular weight is 656 g/mol. The molecule has 0 N–H and O–H groups in total. The molecule has 8 aromatic carbocycles. The molecule has 3 heterocycles. The predicted molar refractivity (Wildman–Crippen MR) is 209 cm³/mol. The van der Waals surface area contributed by atoms with Gasteiger partial charge in [0.05, 0.1) is 0 Å². The fourth-order valence-corrected chi connectivity index (χ4v) is 9.06. The zero-order chi connectivity index (χ0) is 32.8. The van der Waals surface area contributed by atoms with Crippen LogP contribution in [0.1, 0.15) is 0 Å². The molecule has 232 valence electrons. The Kier molecular flexibility index (Phi) is 5.80. The summed E-state index contributed by atoms with van der Waals surface area (Å²) in [5.41, 5.74) is 4.49. The maximum Gasteiger partial charge on any atom is 0.164 e. The van der Waals surface area contributed by atoms with Crippen molar-refractivity contribution >= 4 is 85.8 Å². The van der Waals surface area contributed by atoms with Gasteiger partial charge in [0.1, 0.15) is 11.2 Å².